The van der Waals surface area contributed by atoms with Gasteiger partial charge in [0, 0.05) is 18.5 Å². The fourth-order valence-corrected chi connectivity index (χ4v) is 2.39. The molecule has 1 heterocycles. The van der Waals surface area contributed by atoms with Gasteiger partial charge in [0.1, 0.15) is 0 Å². The summed E-state index contributed by atoms with van der Waals surface area (Å²) in [5.41, 5.74) is 2.45. The molecule has 0 amide bonds. The van der Waals surface area contributed by atoms with Crippen molar-refractivity contribution in [1.82, 2.24) is 15.1 Å². The molecule has 0 aliphatic rings. The Bertz CT molecular complexity index is 458. The molecule has 2 rings (SSSR count). The molecule has 0 aliphatic heterocycles. The van der Waals surface area contributed by atoms with E-state index in [0.717, 1.165) is 26.1 Å². The Morgan fingerprint density at radius 1 is 1.11 bits per heavy atom. The van der Waals surface area contributed by atoms with Crippen LogP contribution in [0.1, 0.15) is 45.2 Å². The lowest BCUT2D eigenvalue weighted by Crippen LogP contribution is -2.14. The van der Waals surface area contributed by atoms with Crippen LogP contribution in [0.4, 0.5) is 0 Å². The minimum absolute atomic E-state index is 0.870. The zero-order chi connectivity index (χ0) is 13.5. The van der Waals surface area contributed by atoms with E-state index in [-0.39, 0.29) is 0 Å². The summed E-state index contributed by atoms with van der Waals surface area (Å²) in [5, 5.41) is 9.53. The summed E-state index contributed by atoms with van der Waals surface area (Å²) in [6.45, 7) is 7.38. The van der Waals surface area contributed by atoms with Gasteiger partial charge >= 0.3 is 0 Å². The van der Waals surface area contributed by atoms with Crippen molar-refractivity contribution in [3.8, 4) is 0 Å². The molecule has 0 aliphatic carbocycles. The SMILES string of the molecule is CCCCCn1nc(CNCCC)c2ccccc21. The molecule has 2 aromatic rings. The van der Waals surface area contributed by atoms with Gasteiger partial charge in [0.25, 0.3) is 0 Å². The van der Waals surface area contributed by atoms with Gasteiger partial charge in [0.2, 0.25) is 0 Å². The first-order valence-electron chi connectivity index (χ1n) is 7.52. The van der Waals surface area contributed by atoms with Gasteiger partial charge < -0.3 is 5.32 Å². The van der Waals surface area contributed by atoms with Gasteiger partial charge in [-0.05, 0) is 25.5 Å². The van der Waals surface area contributed by atoms with Crippen molar-refractivity contribution in [3.05, 3.63) is 30.0 Å². The van der Waals surface area contributed by atoms with Crippen LogP contribution in [-0.2, 0) is 13.1 Å². The number of nitrogens with zero attached hydrogens (tertiary/aromatic N) is 2. The van der Waals surface area contributed by atoms with Crippen LogP contribution in [0, 0.1) is 0 Å². The van der Waals surface area contributed by atoms with Crippen molar-refractivity contribution in [1.29, 1.82) is 0 Å². The smallest absolute Gasteiger partial charge is 0.0841 e. The molecule has 0 bridgehead atoms. The predicted molar refractivity (Wildman–Crippen MR) is 81.3 cm³/mol. The number of benzene rings is 1. The molecule has 0 saturated heterocycles. The average Bonchev–Trinajstić information content (AvgIpc) is 2.79. The number of fused-ring (bicyclic) bond motifs is 1. The van der Waals surface area contributed by atoms with Crippen LogP contribution in [0.3, 0.4) is 0 Å². The third-order valence-corrected chi connectivity index (χ3v) is 3.43. The maximum atomic E-state index is 4.79. The van der Waals surface area contributed by atoms with Crippen LogP contribution < -0.4 is 5.32 Å². The van der Waals surface area contributed by atoms with Crippen LogP contribution >= 0.6 is 0 Å². The molecule has 1 aromatic carbocycles. The summed E-state index contributed by atoms with van der Waals surface area (Å²) >= 11 is 0. The van der Waals surface area contributed by atoms with Gasteiger partial charge in [-0.3, -0.25) is 4.68 Å². The number of unbranched alkanes of at least 4 members (excludes halogenated alkanes) is 2. The normalized spacial score (nSPS) is 11.3. The number of hydrogen-bond acceptors (Lipinski definition) is 2. The molecule has 0 fully saturated rings. The van der Waals surface area contributed by atoms with Gasteiger partial charge in [-0.15, -0.1) is 0 Å². The number of aromatic nitrogens is 2. The van der Waals surface area contributed by atoms with Crippen LogP contribution in [0.5, 0.6) is 0 Å². The van der Waals surface area contributed by atoms with Gasteiger partial charge in [-0.25, -0.2) is 0 Å². The summed E-state index contributed by atoms with van der Waals surface area (Å²) in [5.74, 6) is 0. The number of para-hydroxylation sites is 1. The number of nitrogens with one attached hydrogen (secondary N) is 1. The lowest BCUT2D eigenvalue weighted by molar-refractivity contribution is 0.555. The first-order chi connectivity index (χ1) is 9.36. The van der Waals surface area contributed by atoms with E-state index in [9.17, 15) is 0 Å². The summed E-state index contributed by atoms with van der Waals surface area (Å²) in [6.07, 6.45) is 4.90. The lowest BCUT2D eigenvalue weighted by Gasteiger charge is -2.02. The van der Waals surface area contributed by atoms with E-state index < -0.39 is 0 Å². The van der Waals surface area contributed by atoms with Gasteiger partial charge in [-0.2, -0.15) is 5.10 Å². The van der Waals surface area contributed by atoms with E-state index in [1.165, 1.54) is 35.9 Å². The second kappa shape index (κ2) is 7.29. The summed E-state index contributed by atoms with van der Waals surface area (Å²) in [6, 6.07) is 8.56. The Hall–Kier alpha value is -1.35. The zero-order valence-corrected chi connectivity index (χ0v) is 12.2. The molecule has 0 spiro atoms. The van der Waals surface area contributed by atoms with E-state index in [1.54, 1.807) is 0 Å². The summed E-state index contributed by atoms with van der Waals surface area (Å²) in [4.78, 5) is 0. The van der Waals surface area contributed by atoms with Crippen molar-refractivity contribution < 1.29 is 0 Å². The van der Waals surface area contributed by atoms with Crippen molar-refractivity contribution in [2.24, 2.45) is 0 Å². The molecule has 104 valence electrons. The topological polar surface area (TPSA) is 29.9 Å². The first-order valence-corrected chi connectivity index (χ1v) is 7.52. The fourth-order valence-electron chi connectivity index (χ4n) is 2.39. The molecule has 3 nitrogen and oxygen atoms in total. The lowest BCUT2D eigenvalue weighted by atomic mass is 10.2. The minimum atomic E-state index is 0.870. The molecule has 1 N–H and O–H groups in total. The molecule has 0 saturated carbocycles. The quantitative estimate of drug-likeness (QED) is 0.732. The monoisotopic (exact) mass is 259 g/mol. The largest absolute Gasteiger partial charge is 0.311 e. The van der Waals surface area contributed by atoms with Crippen molar-refractivity contribution in [2.45, 2.75) is 52.6 Å². The zero-order valence-electron chi connectivity index (χ0n) is 12.2. The van der Waals surface area contributed by atoms with Crippen molar-refractivity contribution in [2.75, 3.05) is 6.54 Å². The molecule has 19 heavy (non-hydrogen) atoms. The van der Waals surface area contributed by atoms with E-state index in [2.05, 4.69) is 48.1 Å². The molecule has 0 unspecified atom stereocenters. The Kier molecular flexibility index (Phi) is 5.40. The second-order valence-electron chi connectivity index (χ2n) is 5.07. The maximum absolute atomic E-state index is 4.79. The van der Waals surface area contributed by atoms with Gasteiger partial charge in [-0.1, -0.05) is 44.9 Å². The maximum Gasteiger partial charge on any atom is 0.0841 e. The molecule has 0 atom stereocenters. The highest BCUT2D eigenvalue weighted by Crippen LogP contribution is 2.19. The third-order valence-electron chi connectivity index (χ3n) is 3.43. The van der Waals surface area contributed by atoms with Crippen LogP contribution in [-0.4, -0.2) is 16.3 Å². The van der Waals surface area contributed by atoms with Crippen LogP contribution in [0.15, 0.2) is 24.3 Å². The second-order valence-corrected chi connectivity index (χ2v) is 5.07. The number of aryl methyl sites for hydroxylation is 1. The highest BCUT2D eigenvalue weighted by molar-refractivity contribution is 5.81. The highest BCUT2D eigenvalue weighted by atomic mass is 15.3. The molecular weight excluding hydrogens is 234 g/mol. The molecule has 1 aromatic heterocycles. The average molecular weight is 259 g/mol. The van der Waals surface area contributed by atoms with Crippen LogP contribution in [0.25, 0.3) is 10.9 Å². The molecule has 3 heteroatoms. The minimum Gasteiger partial charge on any atom is -0.311 e. The summed E-state index contributed by atoms with van der Waals surface area (Å²) in [7, 11) is 0. The predicted octanol–water partition coefficient (Wildman–Crippen LogP) is 3.73. The Balaban J connectivity index is 2.16. The fraction of sp³-hybridized carbons (Fsp3) is 0.562. The Morgan fingerprint density at radius 3 is 2.74 bits per heavy atom. The number of hydrogen-bond donors (Lipinski definition) is 1. The van der Waals surface area contributed by atoms with Gasteiger partial charge in [0.05, 0.1) is 11.2 Å². The highest BCUT2D eigenvalue weighted by Gasteiger charge is 2.08. The number of rotatable bonds is 8. The van der Waals surface area contributed by atoms with E-state index in [4.69, 9.17) is 5.10 Å². The third kappa shape index (κ3) is 3.57. The standard InChI is InChI=1S/C16H25N3/c1-3-5-8-12-19-16-10-7-6-9-14(16)15(18-19)13-17-11-4-2/h6-7,9-10,17H,3-5,8,11-13H2,1-2H3. The Morgan fingerprint density at radius 2 is 1.95 bits per heavy atom. The van der Waals surface area contributed by atoms with Crippen LogP contribution in [0.2, 0.25) is 0 Å². The van der Waals surface area contributed by atoms with Crippen molar-refractivity contribution >= 4 is 10.9 Å². The molecular formula is C16H25N3. The Labute approximate surface area is 116 Å². The molecule has 0 radical (unpaired) electrons. The van der Waals surface area contributed by atoms with E-state index in [0.29, 0.717) is 0 Å². The van der Waals surface area contributed by atoms with E-state index in [1.807, 2.05) is 0 Å². The summed E-state index contributed by atoms with van der Waals surface area (Å²) < 4.78 is 2.17. The van der Waals surface area contributed by atoms with E-state index >= 15 is 0 Å². The van der Waals surface area contributed by atoms with Gasteiger partial charge in [0.15, 0.2) is 0 Å². The first kappa shape index (κ1) is 14.1. The van der Waals surface area contributed by atoms with Crippen molar-refractivity contribution in [3.63, 3.8) is 0 Å².